The number of ketones is 1. The summed E-state index contributed by atoms with van der Waals surface area (Å²) in [7, 11) is 1.69. The summed E-state index contributed by atoms with van der Waals surface area (Å²) in [4.78, 5) is 40.9. The Balaban J connectivity index is 1.84. The van der Waals surface area contributed by atoms with Gasteiger partial charge >= 0.3 is 0 Å². The molecule has 158 valence electrons. The molecule has 7 heteroatoms. The molecule has 0 fully saturated rings. The van der Waals surface area contributed by atoms with E-state index in [0.717, 1.165) is 5.56 Å². The van der Waals surface area contributed by atoms with E-state index in [-0.39, 0.29) is 30.8 Å². The zero-order valence-corrected chi connectivity index (χ0v) is 17.7. The van der Waals surface area contributed by atoms with Crippen LogP contribution in [-0.4, -0.2) is 55.3 Å². The molecule has 0 aliphatic carbocycles. The predicted molar refractivity (Wildman–Crippen MR) is 113 cm³/mol. The highest BCUT2D eigenvalue weighted by atomic mass is 16.5. The second-order valence-corrected chi connectivity index (χ2v) is 7.24. The van der Waals surface area contributed by atoms with E-state index in [1.165, 1.54) is 4.90 Å². The van der Waals surface area contributed by atoms with Gasteiger partial charge in [0.25, 0.3) is 5.91 Å². The molecule has 3 rings (SSSR count). The molecule has 1 heterocycles. The van der Waals surface area contributed by atoms with Crippen molar-refractivity contribution in [1.82, 2.24) is 4.90 Å². The number of hydrogen-bond donors (Lipinski definition) is 0. The van der Waals surface area contributed by atoms with Crippen LogP contribution in [-0.2, 0) is 9.59 Å². The number of fused-ring (bicyclic) bond motifs is 1. The molecule has 0 saturated carbocycles. The van der Waals surface area contributed by atoms with Crippen LogP contribution in [0.15, 0.2) is 42.5 Å². The van der Waals surface area contributed by atoms with Gasteiger partial charge in [-0.15, -0.1) is 0 Å². The standard InChI is InChI=1S/C23H26N2O5/c1-5-24(4)23(28)16(3)25-18-12-17(10-11-21(18)30-14-22(25)27)19(26)13-29-20-9-7-6-8-15(20)2/h6-12,16H,5,13-14H2,1-4H3. The first-order valence-electron chi connectivity index (χ1n) is 9.89. The maximum atomic E-state index is 12.7. The molecular formula is C23H26N2O5. The van der Waals surface area contributed by atoms with Gasteiger partial charge < -0.3 is 14.4 Å². The van der Waals surface area contributed by atoms with E-state index in [1.807, 2.05) is 32.0 Å². The molecule has 0 aromatic heterocycles. The number of hydrogen-bond acceptors (Lipinski definition) is 5. The number of anilines is 1. The number of aryl methyl sites for hydroxylation is 1. The van der Waals surface area contributed by atoms with Gasteiger partial charge in [-0.25, -0.2) is 0 Å². The number of carbonyl (C=O) groups is 3. The average molecular weight is 410 g/mol. The zero-order chi connectivity index (χ0) is 21.8. The van der Waals surface area contributed by atoms with Crippen molar-refractivity contribution in [2.45, 2.75) is 26.8 Å². The van der Waals surface area contributed by atoms with Gasteiger partial charge in [0, 0.05) is 19.2 Å². The first kappa shape index (κ1) is 21.4. The minimum absolute atomic E-state index is 0.133. The van der Waals surface area contributed by atoms with E-state index in [9.17, 15) is 14.4 Å². The molecule has 1 atom stereocenters. The summed E-state index contributed by atoms with van der Waals surface area (Å²) in [6, 6.07) is 11.6. The summed E-state index contributed by atoms with van der Waals surface area (Å²) >= 11 is 0. The van der Waals surface area contributed by atoms with Gasteiger partial charge in [-0.1, -0.05) is 18.2 Å². The van der Waals surface area contributed by atoms with E-state index in [0.29, 0.717) is 29.3 Å². The molecule has 7 nitrogen and oxygen atoms in total. The highest BCUT2D eigenvalue weighted by molar-refractivity contribution is 6.05. The quantitative estimate of drug-likeness (QED) is 0.656. The molecule has 1 aliphatic heterocycles. The van der Waals surface area contributed by atoms with Crippen molar-refractivity contribution in [2.24, 2.45) is 0 Å². The summed E-state index contributed by atoms with van der Waals surface area (Å²) in [5.74, 6) is 0.367. The lowest BCUT2D eigenvalue weighted by Gasteiger charge is -2.35. The van der Waals surface area contributed by atoms with Crippen molar-refractivity contribution in [3.05, 3.63) is 53.6 Å². The minimum atomic E-state index is -0.710. The molecule has 0 bridgehead atoms. The fourth-order valence-corrected chi connectivity index (χ4v) is 3.30. The average Bonchev–Trinajstić information content (AvgIpc) is 2.76. The maximum absolute atomic E-state index is 12.7. The maximum Gasteiger partial charge on any atom is 0.265 e. The second kappa shape index (κ2) is 8.98. The smallest absolute Gasteiger partial charge is 0.265 e. The summed E-state index contributed by atoms with van der Waals surface area (Å²) in [6.07, 6.45) is 0. The number of carbonyl (C=O) groups excluding carboxylic acids is 3. The van der Waals surface area contributed by atoms with Crippen molar-refractivity contribution in [2.75, 3.05) is 31.7 Å². The van der Waals surface area contributed by atoms with Crippen molar-refractivity contribution < 1.29 is 23.9 Å². The highest BCUT2D eigenvalue weighted by Gasteiger charge is 2.34. The SMILES string of the molecule is CCN(C)C(=O)C(C)N1C(=O)COc2ccc(C(=O)COc3ccccc3C)cc21. The van der Waals surface area contributed by atoms with Gasteiger partial charge in [0.1, 0.15) is 17.5 Å². The van der Waals surface area contributed by atoms with Crippen LogP contribution >= 0.6 is 0 Å². The normalized spacial score (nSPS) is 13.9. The third-order valence-corrected chi connectivity index (χ3v) is 5.21. The van der Waals surface area contributed by atoms with Crippen LogP contribution < -0.4 is 14.4 Å². The Labute approximate surface area is 176 Å². The third-order valence-electron chi connectivity index (χ3n) is 5.21. The monoisotopic (exact) mass is 410 g/mol. The molecule has 0 saturated heterocycles. The topological polar surface area (TPSA) is 76.2 Å². The van der Waals surface area contributed by atoms with Gasteiger partial charge in [0.05, 0.1) is 5.69 Å². The molecule has 0 spiro atoms. The van der Waals surface area contributed by atoms with E-state index in [1.54, 1.807) is 43.1 Å². The number of likely N-dealkylation sites (N-methyl/N-ethyl adjacent to an activating group) is 1. The Morgan fingerprint density at radius 2 is 1.97 bits per heavy atom. The lowest BCUT2D eigenvalue weighted by molar-refractivity contribution is -0.133. The van der Waals surface area contributed by atoms with Crippen LogP contribution in [0.2, 0.25) is 0 Å². The third kappa shape index (κ3) is 4.30. The van der Waals surface area contributed by atoms with Crippen LogP contribution in [0.3, 0.4) is 0 Å². The fraction of sp³-hybridized carbons (Fsp3) is 0.348. The largest absolute Gasteiger partial charge is 0.485 e. The number of rotatable bonds is 7. The first-order valence-corrected chi connectivity index (χ1v) is 9.89. The van der Waals surface area contributed by atoms with Crippen LogP contribution in [0.4, 0.5) is 5.69 Å². The summed E-state index contributed by atoms with van der Waals surface area (Å²) in [5, 5.41) is 0. The molecule has 1 unspecified atom stereocenters. The van der Waals surface area contributed by atoms with Crippen LogP contribution in [0.1, 0.15) is 29.8 Å². The fourth-order valence-electron chi connectivity index (χ4n) is 3.30. The van der Waals surface area contributed by atoms with Gasteiger partial charge in [-0.05, 0) is 50.6 Å². The number of Topliss-reactive ketones (excluding diaryl/α,β-unsaturated/α-hetero) is 1. The molecule has 2 aromatic carbocycles. The van der Waals surface area contributed by atoms with Crippen molar-refractivity contribution in [3.63, 3.8) is 0 Å². The molecule has 30 heavy (non-hydrogen) atoms. The van der Waals surface area contributed by atoms with E-state index in [4.69, 9.17) is 9.47 Å². The number of nitrogens with zero attached hydrogens (tertiary/aromatic N) is 2. The van der Waals surface area contributed by atoms with E-state index in [2.05, 4.69) is 0 Å². The van der Waals surface area contributed by atoms with Crippen LogP contribution in [0.25, 0.3) is 0 Å². The number of amides is 2. The molecule has 2 aromatic rings. The van der Waals surface area contributed by atoms with Crippen LogP contribution in [0, 0.1) is 6.92 Å². The number of ether oxygens (including phenoxy) is 2. The molecule has 2 amide bonds. The molecular weight excluding hydrogens is 384 g/mol. The number of benzene rings is 2. The van der Waals surface area contributed by atoms with E-state index < -0.39 is 6.04 Å². The Morgan fingerprint density at radius 3 is 2.67 bits per heavy atom. The summed E-state index contributed by atoms with van der Waals surface area (Å²) in [6.45, 7) is 5.70. The highest BCUT2D eigenvalue weighted by Crippen LogP contribution is 2.35. The number of para-hydroxylation sites is 1. The predicted octanol–water partition coefficient (Wildman–Crippen LogP) is 2.85. The van der Waals surface area contributed by atoms with Gasteiger partial charge in [-0.2, -0.15) is 0 Å². The lowest BCUT2D eigenvalue weighted by Crippen LogP contribution is -2.51. The molecule has 1 aliphatic rings. The van der Waals surface area contributed by atoms with Crippen molar-refractivity contribution >= 4 is 23.3 Å². The van der Waals surface area contributed by atoms with Crippen molar-refractivity contribution in [1.29, 1.82) is 0 Å². The first-order chi connectivity index (χ1) is 14.3. The van der Waals surface area contributed by atoms with E-state index >= 15 is 0 Å². The molecule has 0 N–H and O–H groups in total. The van der Waals surface area contributed by atoms with Gasteiger partial charge in [0.15, 0.2) is 19.0 Å². The Bertz CT molecular complexity index is 972. The van der Waals surface area contributed by atoms with Gasteiger partial charge in [0.2, 0.25) is 5.91 Å². The Kier molecular flexibility index (Phi) is 6.40. The lowest BCUT2D eigenvalue weighted by atomic mass is 10.1. The second-order valence-electron chi connectivity index (χ2n) is 7.24. The Hall–Kier alpha value is -3.35. The summed E-state index contributed by atoms with van der Waals surface area (Å²) < 4.78 is 11.2. The molecule has 0 radical (unpaired) electrons. The zero-order valence-electron chi connectivity index (χ0n) is 17.7. The van der Waals surface area contributed by atoms with Crippen LogP contribution in [0.5, 0.6) is 11.5 Å². The van der Waals surface area contributed by atoms with Gasteiger partial charge in [-0.3, -0.25) is 19.3 Å². The van der Waals surface area contributed by atoms with Crippen molar-refractivity contribution in [3.8, 4) is 11.5 Å². The minimum Gasteiger partial charge on any atom is -0.485 e. The Morgan fingerprint density at radius 1 is 1.23 bits per heavy atom. The summed E-state index contributed by atoms with van der Waals surface area (Å²) in [5.41, 5.74) is 1.74.